The van der Waals surface area contributed by atoms with Gasteiger partial charge in [-0.2, -0.15) is 5.26 Å². The second kappa shape index (κ2) is 7.59. The molecule has 0 radical (unpaired) electrons. The molecule has 3 rings (SSSR count). The van der Waals surface area contributed by atoms with Crippen molar-refractivity contribution in [3.05, 3.63) is 66.0 Å². The van der Waals surface area contributed by atoms with Gasteiger partial charge < -0.3 is 19.8 Å². The molecule has 0 saturated heterocycles. The van der Waals surface area contributed by atoms with Crippen molar-refractivity contribution in [3.63, 3.8) is 0 Å². The minimum Gasteiger partial charge on any atom is -0.464 e. The molecule has 0 unspecified atom stereocenters. The van der Waals surface area contributed by atoms with E-state index in [1.807, 2.05) is 6.07 Å². The Hall–Kier alpha value is -3.93. The van der Waals surface area contributed by atoms with Gasteiger partial charge in [0.05, 0.1) is 18.4 Å². The first kappa shape index (κ1) is 19.8. The first-order chi connectivity index (χ1) is 13.7. The summed E-state index contributed by atoms with van der Waals surface area (Å²) in [6, 6.07) is 14.1. The molecule has 1 heterocycles. The smallest absolute Gasteiger partial charge is 0.464 e. The van der Waals surface area contributed by atoms with E-state index < -0.39 is 12.3 Å². The number of esters is 1. The number of benzene rings is 2. The highest BCUT2D eigenvalue weighted by Crippen LogP contribution is 2.29. The summed E-state index contributed by atoms with van der Waals surface area (Å²) in [6.07, 6.45) is -3.35. The van der Waals surface area contributed by atoms with E-state index in [1.54, 1.807) is 24.3 Å². The third kappa shape index (κ3) is 4.16. The van der Waals surface area contributed by atoms with Gasteiger partial charge >= 0.3 is 12.3 Å². The van der Waals surface area contributed by atoms with Crippen LogP contribution in [0.3, 0.4) is 0 Å². The number of aromatic nitrogens is 1. The Labute approximate surface area is 163 Å². The lowest BCUT2D eigenvalue weighted by atomic mass is 10.0. The number of carbonyl (C=O) groups excluding carboxylic acids is 1. The Kier molecular flexibility index (Phi) is 5.19. The summed E-state index contributed by atoms with van der Waals surface area (Å²) in [5.41, 5.74) is 7.83. The van der Waals surface area contributed by atoms with E-state index in [0.29, 0.717) is 16.8 Å². The first-order valence-electron chi connectivity index (χ1n) is 8.19. The molecule has 0 amide bonds. The van der Waals surface area contributed by atoms with Gasteiger partial charge in [0.25, 0.3) is 0 Å². The number of ether oxygens (including phenoxy) is 2. The molecule has 148 valence electrons. The summed E-state index contributed by atoms with van der Waals surface area (Å²) in [6.45, 7) is 0. The van der Waals surface area contributed by atoms with Crippen molar-refractivity contribution in [2.75, 3.05) is 12.8 Å². The van der Waals surface area contributed by atoms with Crippen molar-refractivity contribution < 1.29 is 27.4 Å². The van der Waals surface area contributed by atoms with E-state index >= 15 is 0 Å². The topological polar surface area (TPSA) is 90.3 Å². The number of methoxy groups -OCH3 is 1. The Balaban J connectivity index is 2.01. The fourth-order valence-corrected chi connectivity index (χ4v) is 2.80. The highest BCUT2D eigenvalue weighted by Gasteiger charge is 2.31. The van der Waals surface area contributed by atoms with Gasteiger partial charge in [-0.15, -0.1) is 13.2 Å². The SMILES string of the molecule is COC(=O)c1c(N)c(C#N)cn1-c1cccc(-c2ccc(OC(F)(F)F)cc2)c1. The van der Waals surface area contributed by atoms with E-state index in [1.165, 1.54) is 42.1 Å². The minimum atomic E-state index is -4.77. The largest absolute Gasteiger partial charge is 0.573 e. The lowest BCUT2D eigenvalue weighted by Gasteiger charge is -2.11. The fourth-order valence-electron chi connectivity index (χ4n) is 2.80. The van der Waals surface area contributed by atoms with Gasteiger partial charge in [-0.05, 0) is 35.4 Å². The number of halogens is 3. The van der Waals surface area contributed by atoms with Crippen molar-refractivity contribution in [3.8, 4) is 28.6 Å². The second-order valence-corrected chi connectivity index (χ2v) is 5.90. The van der Waals surface area contributed by atoms with Gasteiger partial charge in [-0.25, -0.2) is 4.79 Å². The standard InChI is InChI=1S/C20H14F3N3O3/c1-28-19(27)18-17(25)14(10-24)11-26(18)15-4-2-3-13(9-15)12-5-7-16(8-6-12)29-20(21,22)23/h2-9,11H,25H2,1H3. The number of carbonyl (C=O) groups is 1. The highest BCUT2D eigenvalue weighted by molar-refractivity contribution is 5.96. The summed E-state index contributed by atoms with van der Waals surface area (Å²) in [5, 5.41) is 9.21. The lowest BCUT2D eigenvalue weighted by Crippen LogP contribution is -2.16. The van der Waals surface area contributed by atoms with Crippen LogP contribution >= 0.6 is 0 Å². The molecule has 1 aromatic heterocycles. The van der Waals surface area contributed by atoms with E-state index in [-0.39, 0.29) is 22.7 Å². The van der Waals surface area contributed by atoms with Crippen LogP contribution < -0.4 is 10.5 Å². The normalized spacial score (nSPS) is 11.0. The number of rotatable bonds is 4. The maximum atomic E-state index is 12.3. The molecule has 6 nitrogen and oxygen atoms in total. The van der Waals surface area contributed by atoms with Crippen molar-refractivity contribution >= 4 is 11.7 Å². The van der Waals surface area contributed by atoms with Crippen LogP contribution in [-0.4, -0.2) is 24.0 Å². The predicted molar refractivity (Wildman–Crippen MR) is 98.4 cm³/mol. The molecular weight excluding hydrogens is 387 g/mol. The van der Waals surface area contributed by atoms with Crippen molar-refractivity contribution in [2.45, 2.75) is 6.36 Å². The Morgan fingerprint density at radius 1 is 1.14 bits per heavy atom. The second-order valence-electron chi connectivity index (χ2n) is 5.90. The molecular formula is C20H14F3N3O3. The van der Waals surface area contributed by atoms with E-state index in [2.05, 4.69) is 4.74 Å². The molecule has 0 spiro atoms. The summed E-state index contributed by atoms with van der Waals surface area (Å²) in [5.74, 6) is -1.04. The number of nitrogen functional groups attached to an aromatic ring is 1. The Bertz CT molecular complexity index is 1100. The van der Waals surface area contributed by atoms with Crippen LogP contribution in [0.5, 0.6) is 5.75 Å². The van der Waals surface area contributed by atoms with Crippen LogP contribution in [0.1, 0.15) is 16.1 Å². The average Bonchev–Trinajstić information content (AvgIpc) is 3.03. The number of nitrogens with two attached hydrogens (primary N) is 1. The molecule has 9 heteroatoms. The predicted octanol–water partition coefficient (Wildman–Crippen LogP) is 4.28. The molecule has 0 aliphatic heterocycles. The van der Waals surface area contributed by atoms with Gasteiger partial charge in [0.15, 0.2) is 5.69 Å². The van der Waals surface area contributed by atoms with Crippen LogP contribution in [0, 0.1) is 11.3 Å². The molecule has 29 heavy (non-hydrogen) atoms. The molecule has 0 atom stereocenters. The zero-order valence-corrected chi connectivity index (χ0v) is 15.0. The molecule has 3 aromatic rings. The fraction of sp³-hybridized carbons (Fsp3) is 0.100. The van der Waals surface area contributed by atoms with E-state index in [9.17, 15) is 23.2 Å². The van der Waals surface area contributed by atoms with Crippen LogP contribution in [0.4, 0.5) is 18.9 Å². The highest BCUT2D eigenvalue weighted by atomic mass is 19.4. The van der Waals surface area contributed by atoms with Crippen LogP contribution in [0.25, 0.3) is 16.8 Å². The number of hydrogen-bond donors (Lipinski definition) is 1. The summed E-state index contributed by atoms with van der Waals surface area (Å²) < 4.78 is 47.0. The Morgan fingerprint density at radius 3 is 2.41 bits per heavy atom. The number of hydrogen-bond acceptors (Lipinski definition) is 5. The van der Waals surface area contributed by atoms with Crippen molar-refractivity contribution in [2.24, 2.45) is 0 Å². The number of nitriles is 1. The van der Waals surface area contributed by atoms with Gasteiger partial charge in [0, 0.05) is 11.9 Å². The summed E-state index contributed by atoms with van der Waals surface area (Å²) in [7, 11) is 1.20. The van der Waals surface area contributed by atoms with E-state index in [0.717, 1.165) is 0 Å². The van der Waals surface area contributed by atoms with Crippen molar-refractivity contribution in [1.29, 1.82) is 5.26 Å². The zero-order valence-electron chi connectivity index (χ0n) is 15.0. The van der Waals surface area contributed by atoms with Crippen LogP contribution in [0.15, 0.2) is 54.7 Å². The maximum Gasteiger partial charge on any atom is 0.573 e. The molecule has 0 bridgehead atoms. The molecule has 2 aromatic carbocycles. The van der Waals surface area contributed by atoms with Gasteiger partial charge in [-0.1, -0.05) is 24.3 Å². The van der Waals surface area contributed by atoms with Crippen LogP contribution in [-0.2, 0) is 4.74 Å². The van der Waals surface area contributed by atoms with Gasteiger partial charge in [-0.3, -0.25) is 0 Å². The quantitative estimate of drug-likeness (QED) is 0.659. The third-order valence-corrected chi connectivity index (χ3v) is 4.09. The zero-order chi connectivity index (χ0) is 21.2. The summed E-state index contributed by atoms with van der Waals surface area (Å²) in [4.78, 5) is 12.1. The average molecular weight is 401 g/mol. The van der Waals surface area contributed by atoms with Gasteiger partial charge in [0.2, 0.25) is 0 Å². The Morgan fingerprint density at radius 2 is 1.83 bits per heavy atom. The van der Waals surface area contributed by atoms with Gasteiger partial charge in [0.1, 0.15) is 11.8 Å². The maximum absolute atomic E-state index is 12.3. The summed E-state index contributed by atoms with van der Waals surface area (Å²) >= 11 is 0. The van der Waals surface area contributed by atoms with E-state index in [4.69, 9.17) is 10.5 Å². The first-order valence-corrected chi connectivity index (χ1v) is 8.19. The molecule has 0 aliphatic rings. The molecule has 0 aliphatic carbocycles. The minimum absolute atomic E-state index is 0.00148. The molecule has 0 saturated carbocycles. The van der Waals surface area contributed by atoms with Crippen molar-refractivity contribution in [1.82, 2.24) is 4.57 Å². The molecule has 0 fully saturated rings. The lowest BCUT2D eigenvalue weighted by molar-refractivity contribution is -0.274. The monoisotopic (exact) mass is 401 g/mol. The third-order valence-electron chi connectivity index (χ3n) is 4.09. The molecule has 2 N–H and O–H groups in total. The van der Waals surface area contributed by atoms with Crippen LogP contribution in [0.2, 0.25) is 0 Å². The number of nitrogens with zero attached hydrogens (tertiary/aromatic N) is 2. The number of anilines is 1. The number of alkyl halides is 3.